The van der Waals surface area contributed by atoms with E-state index in [-0.39, 0.29) is 16.8 Å². The lowest BCUT2D eigenvalue weighted by Crippen LogP contribution is -2.40. The van der Waals surface area contributed by atoms with E-state index in [0.717, 1.165) is 12.8 Å². The van der Waals surface area contributed by atoms with Gasteiger partial charge in [0.25, 0.3) is 15.9 Å². The summed E-state index contributed by atoms with van der Waals surface area (Å²) < 4.78 is 36.9. The highest BCUT2D eigenvalue weighted by Crippen LogP contribution is 2.23. The summed E-state index contributed by atoms with van der Waals surface area (Å²) in [5.41, 5.74) is 0. The molecule has 0 spiro atoms. The predicted molar refractivity (Wildman–Crippen MR) is 82.6 cm³/mol. The average Bonchev–Trinajstić information content (AvgIpc) is 3.06. The normalized spacial score (nSPS) is 23.9. The monoisotopic (exact) mass is 342 g/mol. The van der Waals surface area contributed by atoms with Gasteiger partial charge in [0.1, 0.15) is 0 Å². The van der Waals surface area contributed by atoms with Crippen molar-refractivity contribution in [3.63, 3.8) is 0 Å². The van der Waals surface area contributed by atoms with Crippen LogP contribution in [0, 0.1) is 5.92 Å². The minimum atomic E-state index is -3.70. The number of carbonyl (C=O) groups excluding carboxylic acids is 1. The molecule has 0 bridgehead atoms. The third kappa shape index (κ3) is 3.44. The highest BCUT2D eigenvalue weighted by molar-refractivity contribution is 7.89. The van der Waals surface area contributed by atoms with E-state index >= 15 is 0 Å². The number of ether oxygens (including phenoxy) is 1. The Balaban J connectivity index is 1.75. The smallest absolute Gasteiger partial charge is 0.289 e. The van der Waals surface area contributed by atoms with E-state index < -0.39 is 10.0 Å². The number of hydrogen-bond donors (Lipinski definition) is 0. The second kappa shape index (κ2) is 6.62. The molecule has 2 aliphatic heterocycles. The fraction of sp³-hybridized carbons (Fsp3) is 0.667. The first-order chi connectivity index (χ1) is 11.0. The van der Waals surface area contributed by atoms with Crippen molar-refractivity contribution >= 4 is 15.9 Å². The summed E-state index contributed by atoms with van der Waals surface area (Å²) >= 11 is 0. The first kappa shape index (κ1) is 16.5. The van der Waals surface area contributed by atoms with Crippen LogP contribution in [0.4, 0.5) is 0 Å². The number of carbonyl (C=O) groups is 1. The Kier molecular flexibility index (Phi) is 4.74. The molecule has 1 aromatic rings. The molecule has 1 unspecified atom stereocenters. The Bertz CT molecular complexity index is 663. The van der Waals surface area contributed by atoms with Crippen molar-refractivity contribution in [2.24, 2.45) is 5.92 Å². The quantitative estimate of drug-likeness (QED) is 0.824. The van der Waals surface area contributed by atoms with Crippen LogP contribution in [0.5, 0.6) is 0 Å². The Morgan fingerprint density at radius 2 is 1.96 bits per heavy atom. The number of morpholine rings is 1. The second-order valence-corrected chi connectivity index (χ2v) is 8.00. The number of likely N-dealkylation sites (tertiary alicyclic amines) is 1. The molecule has 0 radical (unpaired) electrons. The number of furan rings is 1. The van der Waals surface area contributed by atoms with Crippen LogP contribution in [0.1, 0.15) is 30.3 Å². The SMILES string of the molecule is CC1CCCN(C(=O)c2ccc(S(=O)(=O)N3CCOCC3)o2)C1. The van der Waals surface area contributed by atoms with Crippen LogP contribution < -0.4 is 0 Å². The van der Waals surface area contributed by atoms with E-state index in [1.807, 2.05) is 0 Å². The molecule has 2 fully saturated rings. The summed E-state index contributed by atoms with van der Waals surface area (Å²) in [7, 11) is -3.70. The van der Waals surface area contributed by atoms with Crippen LogP contribution in [0.2, 0.25) is 0 Å². The molecule has 1 atom stereocenters. The highest BCUT2D eigenvalue weighted by atomic mass is 32.2. The van der Waals surface area contributed by atoms with Crippen molar-refractivity contribution in [1.29, 1.82) is 0 Å². The third-order valence-corrected chi connectivity index (χ3v) is 6.07. The van der Waals surface area contributed by atoms with Gasteiger partial charge in [-0.25, -0.2) is 8.42 Å². The van der Waals surface area contributed by atoms with Gasteiger partial charge in [-0.05, 0) is 30.9 Å². The van der Waals surface area contributed by atoms with Crippen molar-refractivity contribution in [3.05, 3.63) is 17.9 Å². The summed E-state index contributed by atoms with van der Waals surface area (Å²) in [6.45, 7) is 4.83. The Morgan fingerprint density at radius 1 is 1.22 bits per heavy atom. The van der Waals surface area contributed by atoms with Crippen LogP contribution in [-0.2, 0) is 14.8 Å². The largest absolute Gasteiger partial charge is 0.438 e. The van der Waals surface area contributed by atoms with Gasteiger partial charge >= 0.3 is 0 Å². The van der Waals surface area contributed by atoms with Crippen molar-refractivity contribution < 1.29 is 22.4 Å². The standard InChI is InChI=1S/C15H22N2O5S/c1-12-3-2-6-16(11-12)15(18)13-4-5-14(22-13)23(19,20)17-7-9-21-10-8-17/h4-5,12H,2-3,6-11H2,1H3. The molecule has 2 aliphatic rings. The van der Waals surface area contributed by atoms with Gasteiger partial charge in [0.05, 0.1) is 13.2 Å². The van der Waals surface area contributed by atoms with Gasteiger partial charge in [0, 0.05) is 26.2 Å². The molecule has 3 heterocycles. The zero-order chi connectivity index (χ0) is 16.4. The number of nitrogens with zero attached hydrogens (tertiary/aromatic N) is 2. The molecule has 23 heavy (non-hydrogen) atoms. The van der Waals surface area contributed by atoms with Gasteiger partial charge in [-0.2, -0.15) is 4.31 Å². The molecule has 2 saturated heterocycles. The molecule has 1 aromatic heterocycles. The lowest BCUT2D eigenvalue weighted by molar-refractivity contribution is 0.0641. The topological polar surface area (TPSA) is 80.1 Å². The van der Waals surface area contributed by atoms with Crippen molar-refractivity contribution in [3.8, 4) is 0 Å². The number of amides is 1. The number of piperidine rings is 1. The first-order valence-corrected chi connectivity index (χ1v) is 9.39. The zero-order valence-corrected chi connectivity index (χ0v) is 14.0. The third-order valence-electron chi connectivity index (χ3n) is 4.30. The summed E-state index contributed by atoms with van der Waals surface area (Å²) in [5.74, 6) is 0.310. The van der Waals surface area contributed by atoms with Crippen molar-refractivity contribution in [2.75, 3.05) is 39.4 Å². The lowest BCUT2D eigenvalue weighted by atomic mass is 10.0. The molecular formula is C15H22N2O5S. The van der Waals surface area contributed by atoms with Crippen LogP contribution in [0.3, 0.4) is 0 Å². The lowest BCUT2D eigenvalue weighted by Gasteiger charge is -2.30. The van der Waals surface area contributed by atoms with Gasteiger partial charge in [-0.15, -0.1) is 0 Å². The van der Waals surface area contributed by atoms with E-state index in [9.17, 15) is 13.2 Å². The Hall–Kier alpha value is -1.38. The van der Waals surface area contributed by atoms with E-state index in [0.29, 0.717) is 45.3 Å². The molecule has 0 aromatic carbocycles. The van der Waals surface area contributed by atoms with Crippen LogP contribution >= 0.6 is 0 Å². The zero-order valence-electron chi connectivity index (χ0n) is 13.2. The second-order valence-electron chi connectivity index (χ2n) is 6.13. The molecule has 1 amide bonds. The summed E-state index contributed by atoms with van der Waals surface area (Å²) in [6.07, 6.45) is 2.07. The van der Waals surface area contributed by atoms with Gasteiger partial charge < -0.3 is 14.1 Å². The Morgan fingerprint density at radius 3 is 2.65 bits per heavy atom. The molecule has 7 nitrogen and oxygen atoms in total. The molecule has 0 aliphatic carbocycles. The maximum Gasteiger partial charge on any atom is 0.289 e. The Labute approximate surface area is 136 Å². The van der Waals surface area contributed by atoms with E-state index in [1.165, 1.54) is 16.4 Å². The van der Waals surface area contributed by atoms with Crippen molar-refractivity contribution in [2.45, 2.75) is 24.9 Å². The fourth-order valence-corrected chi connectivity index (χ4v) is 4.34. The van der Waals surface area contributed by atoms with E-state index in [2.05, 4.69) is 6.92 Å². The van der Waals surface area contributed by atoms with Gasteiger partial charge in [-0.1, -0.05) is 6.92 Å². The first-order valence-electron chi connectivity index (χ1n) is 7.95. The number of hydrogen-bond acceptors (Lipinski definition) is 5. The van der Waals surface area contributed by atoms with Crippen LogP contribution in [0.15, 0.2) is 21.6 Å². The maximum atomic E-state index is 12.5. The summed E-state index contributed by atoms with van der Waals surface area (Å²) in [4.78, 5) is 14.2. The predicted octanol–water partition coefficient (Wildman–Crippen LogP) is 1.17. The maximum absolute atomic E-state index is 12.5. The van der Waals surface area contributed by atoms with Crippen LogP contribution in [-0.4, -0.2) is 62.9 Å². The van der Waals surface area contributed by atoms with E-state index in [1.54, 1.807) is 4.90 Å². The van der Waals surface area contributed by atoms with Crippen molar-refractivity contribution in [1.82, 2.24) is 9.21 Å². The van der Waals surface area contributed by atoms with Gasteiger partial charge in [-0.3, -0.25) is 4.79 Å². The number of sulfonamides is 1. The highest BCUT2D eigenvalue weighted by Gasteiger charge is 2.31. The molecular weight excluding hydrogens is 320 g/mol. The number of rotatable bonds is 3. The molecule has 128 valence electrons. The molecule has 0 N–H and O–H groups in total. The molecule has 8 heteroatoms. The molecule has 0 saturated carbocycles. The minimum Gasteiger partial charge on any atom is -0.438 e. The summed E-state index contributed by atoms with van der Waals surface area (Å²) in [6, 6.07) is 2.82. The van der Waals surface area contributed by atoms with Gasteiger partial charge in [0.15, 0.2) is 5.76 Å². The summed E-state index contributed by atoms with van der Waals surface area (Å²) in [5, 5.41) is -0.173. The molecule has 3 rings (SSSR count). The van der Waals surface area contributed by atoms with Gasteiger partial charge in [0.2, 0.25) is 5.09 Å². The van der Waals surface area contributed by atoms with E-state index in [4.69, 9.17) is 9.15 Å². The average molecular weight is 342 g/mol. The minimum absolute atomic E-state index is 0.0888. The fourth-order valence-electron chi connectivity index (χ4n) is 3.02. The van der Waals surface area contributed by atoms with Crippen LogP contribution in [0.25, 0.3) is 0 Å².